The van der Waals surface area contributed by atoms with Crippen LogP contribution < -0.4 is 0 Å². The maximum absolute atomic E-state index is 5.67. The van der Waals surface area contributed by atoms with E-state index in [1.165, 1.54) is 0 Å². The van der Waals surface area contributed by atoms with E-state index >= 15 is 0 Å². The molecule has 0 bridgehead atoms. The maximum atomic E-state index is 5.67. The van der Waals surface area contributed by atoms with E-state index in [9.17, 15) is 0 Å². The molecule has 0 aromatic carbocycles. The van der Waals surface area contributed by atoms with Crippen molar-refractivity contribution < 1.29 is 9.47 Å². The second-order valence-electron chi connectivity index (χ2n) is 6.85. The molecule has 0 saturated carbocycles. The van der Waals surface area contributed by atoms with Crippen molar-refractivity contribution in [2.75, 3.05) is 66.3 Å². The lowest BCUT2D eigenvalue weighted by atomic mass is 10.2. The fraction of sp³-hybridized carbons (Fsp3) is 0.714. The number of rotatable bonds is 4. The second kappa shape index (κ2) is 6.72. The molecule has 0 spiro atoms. The summed E-state index contributed by atoms with van der Waals surface area (Å²) in [6.45, 7) is 15.5. The molecule has 0 radical (unpaired) electrons. The fourth-order valence-corrected chi connectivity index (χ4v) is 3.44. The Hall–Kier alpha value is -0.860. The molecule has 0 atom stereocenters. The third-order valence-corrected chi connectivity index (χ3v) is 4.19. The highest BCUT2D eigenvalue weighted by Crippen LogP contribution is 2.44. The molecule has 2 heterocycles. The molecule has 124 valence electrons. The van der Waals surface area contributed by atoms with E-state index < -0.39 is 14.1 Å². The molecule has 2 aliphatic rings. The fourth-order valence-electron chi connectivity index (χ4n) is 1.94. The van der Waals surface area contributed by atoms with Crippen LogP contribution in [0.15, 0.2) is 30.9 Å². The molecule has 0 amide bonds. The Morgan fingerprint density at radius 3 is 1.50 bits per heavy atom. The summed E-state index contributed by atoms with van der Waals surface area (Å²) in [6.07, 6.45) is 0. The lowest BCUT2D eigenvalue weighted by Gasteiger charge is -2.15. The summed E-state index contributed by atoms with van der Waals surface area (Å²) >= 11 is 0. The minimum atomic E-state index is -1.42. The van der Waals surface area contributed by atoms with E-state index in [1.54, 1.807) is 0 Å². The van der Waals surface area contributed by atoms with Crippen LogP contribution in [0.2, 0.25) is 0 Å². The summed E-state index contributed by atoms with van der Waals surface area (Å²) in [6, 6.07) is 0. The first-order valence-corrected chi connectivity index (χ1v) is 13.5. The Labute approximate surface area is 133 Å². The average molecular weight is 344 g/mol. The lowest BCUT2D eigenvalue weighted by Crippen LogP contribution is -2.16. The summed E-state index contributed by atoms with van der Waals surface area (Å²) in [5.74, 6) is 1.85. The zero-order chi connectivity index (χ0) is 16.4. The monoisotopic (exact) mass is 344 g/mol. The van der Waals surface area contributed by atoms with Crippen LogP contribution in [0.1, 0.15) is 0 Å². The van der Waals surface area contributed by atoms with Gasteiger partial charge in [-0.2, -0.15) is 0 Å². The predicted octanol–water partition coefficient (Wildman–Crippen LogP) is 3.24. The maximum Gasteiger partial charge on any atom is 0.225 e. The Balaban J connectivity index is 2.69. The highest BCUT2D eigenvalue weighted by molar-refractivity contribution is 7.64. The normalized spacial score (nSPS) is 18.1. The summed E-state index contributed by atoms with van der Waals surface area (Å²) in [4.78, 5) is 8.88. The highest BCUT2D eigenvalue weighted by atomic mass is 31.2. The molecular formula is C14H26N4O2P2. The van der Waals surface area contributed by atoms with E-state index in [-0.39, 0.29) is 0 Å². The molecule has 0 fully saturated rings. The van der Waals surface area contributed by atoms with Crippen molar-refractivity contribution in [1.29, 1.82) is 0 Å². The summed E-state index contributed by atoms with van der Waals surface area (Å²) in [5.41, 5.74) is 0.736. The number of hydrogen-bond acceptors (Lipinski definition) is 6. The van der Waals surface area contributed by atoms with Gasteiger partial charge in [-0.15, -0.1) is 0 Å². The number of hydrogen-bond donors (Lipinski definition) is 0. The van der Waals surface area contributed by atoms with Crippen molar-refractivity contribution in [2.45, 2.75) is 0 Å². The van der Waals surface area contributed by atoms with Gasteiger partial charge in [0.25, 0.3) is 0 Å². The van der Waals surface area contributed by atoms with Crippen LogP contribution in [0.3, 0.4) is 0 Å². The van der Waals surface area contributed by atoms with Gasteiger partial charge in [-0.05, 0) is 54.1 Å². The number of nitrogens with zero attached hydrogens (tertiary/aromatic N) is 4. The highest BCUT2D eigenvalue weighted by Gasteiger charge is 2.27. The minimum absolute atomic E-state index is 0.574. The van der Waals surface area contributed by atoms with E-state index in [0.29, 0.717) is 43.9 Å². The van der Waals surface area contributed by atoms with Gasteiger partial charge in [0.2, 0.25) is 11.8 Å². The Kier molecular flexibility index (Phi) is 5.34. The van der Waals surface area contributed by atoms with Crippen LogP contribution in [-0.4, -0.2) is 78.1 Å². The van der Waals surface area contributed by atoms with E-state index in [1.807, 2.05) is 0 Å². The largest absolute Gasteiger partial charge is 0.475 e. The van der Waals surface area contributed by atoms with Crippen LogP contribution >= 0.6 is 14.1 Å². The van der Waals surface area contributed by atoms with Gasteiger partial charge in [0.1, 0.15) is 18.8 Å². The van der Waals surface area contributed by atoms with Crippen LogP contribution in [0, 0.1) is 0 Å². The molecule has 8 heteroatoms. The zero-order valence-corrected chi connectivity index (χ0v) is 16.1. The third kappa shape index (κ3) is 5.10. The predicted molar refractivity (Wildman–Crippen MR) is 97.8 cm³/mol. The van der Waals surface area contributed by atoms with Crippen molar-refractivity contribution in [3.63, 3.8) is 0 Å². The van der Waals surface area contributed by atoms with Crippen molar-refractivity contribution in [2.24, 2.45) is 19.5 Å². The van der Waals surface area contributed by atoms with Crippen molar-refractivity contribution in [3.8, 4) is 0 Å². The molecule has 0 unspecified atom stereocenters. The molecule has 2 rings (SSSR count). The van der Waals surface area contributed by atoms with Crippen LogP contribution in [0.5, 0.6) is 0 Å². The third-order valence-electron chi connectivity index (χ3n) is 2.61. The summed E-state index contributed by atoms with van der Waals surface area (Å²) in [5, 5.41) is 0. The van der Waals surface area contributed by atoms with Crippen LogP contribution in [-0.2, 0) is 9.47 Å². The molecule has 22 heavy (non-hydrogen) atoms. The van der Waals surface area contributed by atoms with Gasteiger partial charge in [-0.25, -0.2) is 19.5 Å². The van der Waals surface area contributed by atoms with Gasteiger partial charge in [-0.3, -0.25) is 0 Å². The zero-order valence-electron chi connectivity index (χ0n) is 14.3. The van der Waals surface area contributed by atoms with Crippen molar-refractivity contribution in [3.05, 3.63) is 11.4 Å². The van der Waals surface area contributed by atoms with Gasteiger partial charge < -0.3 is 9.47 Å². The van der Waals surface area contributed by atoms with Crippen molar-refractivity contribution in [1.82, 2.24) is 0 Å². The first-order valence-electron chi connectivity index (χ1n) is 7.35. The molecule has 0 saturated heterocycles. The van der Waals surface area contributed by atoms with Crippen LogP contribution in [0.25, 0.3) is 0 Å². The van der Waals surface area contributed by atoms with E-state index in [4.69, 9.17) is 19.0 Å². The second-order valence-corrected chi connectivity index (χ2v) is 15.0. The summed E-state index contributed by atoms with van der Waals surface area (Å²) < 4.78 is 21.2. The molecule has 0 aromatic heterocycles. The Morgan fingerprint density at radius 1 is 0.818 bits per heavy atom. The molecule has 0 N–H and O–H groups in total. The lowest BCUT2D eigenvalue weighted by molar-refractivity contribution is 0.336. The van der Waals surface area contributed by atoms with Crippen LogP contribution in [0.4, 0.5) is 0 Å². The Morgan fingerprint density at radius 2 is 1.23 bits per heavy atom. The molecule has 0 aliphatic carbocycles. The molecule has 6 nitrogen and oxygen atoms in total. The molecule has 0 aromatic rings. The SMILES string of the molecule is CP(C)(C)=NC(N=P(C)(C)C)=C(C1=NCCO1)C1=NCCO1. The minimum Gasteiger partial charge on any atom is -0.475 e. The van der Waals surface area contributed by atoms with Gasteiger partial charge in [0, 0.05) is 0 Å². The first-order chi connectivity index (χ1) is 10.2. The number of ether oxygens (including phenoxy) is 2. The van der Waals surface area contributed by atoms with Gasteiger partial charge in [-0.1, -0.05) is 0 Å². The summed E-state index contributed by atoms with van der Waals surface area (Å²) in [7, 11) is -2.84. The quantitative estimate of drug-likeness (QED) is 0.735. The van der Waals surface area contributed by atoms with E-state index in [0.717, 1.165) is 5.57 Å². The topological polar surface area (TPSA) is 67.9 Å². The van der Waals surface area contributed by atoms with Gasteiger partial charge in [0.05, 0.1) is 13.1 Å². The standard InChI is InChI=1S/C14H26N4O2P2/c1-21(2,3)17-12(18-22(4,5)6)11(13-15-7-9-19-13)14-16-8-10-20-14/h7-10H2,1-6H3. The average Bonchev–Trinajstić information content (AvgIpc) is 2.97. The van der Waals surface area contributed by atoms with Gasteiger partial charge >= 0.3 is 0 Å². The number of aliphatic imine (C=N–C) groups is 2. The molecule has 2 aliphatic heterocycles. The molecular weight excluding hydrogens is 318 g/mol. The smallest absolute Gasteiger partial charge is 0.225 e. The van der Waals surface area contributed by atoms with E-state index in [2.05, 4.69) is 50.0 Å². The van der Waals surface area contributed by atoms with Crippen molar-refractivity contribution >= 4 is 25.9 Å². The van der Waals surface area contributed by atoms with Gasteiger partial charge in [0.15, 0.2) is 5.82 Å². The first kappa shape index (κ1) is 17.5. The Bertz CT molecular complexity index is 579.